The molecule has 0 fully saturated rings. The molecule has 186 valence electrons. The van der Waals surface area contributed by atoms with Crippen LogP contribution in [0.15, 0.2) is 89.8 Å². The predicted octanol–water partition coefficient (Wildman–Crippen LogP) is 5.75. The molecular formula is C28H28N2O5S. The van der Waals surface area contributed by atoms with Gasteiger partial charge in [0.1, 0.15) is 11.5 Å². The maximum absolute atomic E-state index is 12.9. The van der Waals surface area contributed by atoms with E-state index in [1.54, 1.807) is 24.3 Å². The summed E-state index contributed by atoms with van der Waals surface area (Å²) in [6.45, 7) is 3.73. The van der Waals surface area contributed by atoms with Crippen LogP contribution >= 0.6 is 0 Å². The normalized spacial score (nSPS) is 12.1. The Morgan fingerprint density at radius 1 is 0.917 bits per heavy atom. The molecule has 0 saturated carbocycles. The van der Waals surface area contributed by atoms with Gasteiger partial charge in [-0.05, 0) is 66.8 Å². The van der Waals surface area contributed by atoms with Crippen molar-refractivity contribution in [3.63, 3.8) is 0 Å². The van der Waals surface area contributed by atoms with Gasteiger partial charge in [0.2, 0.25) is 0 Å². The molecule has 4 aromatic carbocycles. The highest BCUT2D eigenvalue weighted by Crippen LogP contribution is 2.29. The number of benzene rings is 4. The number of carbonyl (C=O) groups is 1. The van der Waals surface area contributed by atoms with E-state index in [1.807, 2.05) is 62.4 Å². The number of carbonyl (C=O) groups excluding carboxylic acids is 1. The van der Waals surface area contributed by atoms with Gasteiger partial charge < -0.3 is 14.8 Å². The van der Waals surface area contributed by atoms with Gasteiger partial charge in [-0.15, -0.1) is 0 Å². The topological polar surface area (TPSA) is 93.7 Å². The third-order valence-electron chi connectivity index (χ3n) is 5.71. The number of rotatable bonds is 9. The lowest BCUT2D eigenvalue weighted by Crippen LogP contribution is -2.32. The second kappa shape index (κ2) is 10.7. The SMILES string of the molecule is CC[C@H](Oc1cccc2ccccc12)C(=O)Nc1ccc(S(=O)(=O)Nc2cc(C)ccc2OC)cc1. The van der Waals surface area contributed by atoms with E-state index in [1.165, 1.54) is 19.2 Å². The largest absolute Gasteiger partial charge is 0.495 e. The second-order valence-corrected chi connectivity index (χ2v) is 10.00. The number of hydrogen-bond donors (Lipinski definition) is 2. The van der Waals surface area contributed by atoms with Crippen molar-refractivity contribution in [3.8, 4) is 11.5 Å². The summed E-state index contributed by atoms with van der Waals surface area (Å²) in [6, 6.07) is 24.7. The molecule has 0 saturated heterocycles. The van der Waals surface area contributed by atoms with E-state index in [-0.39, 0.29) is 10.8 Å². The van der Waals surface area contributed by atoms with Gasteiger partial charge in [0.25, 0.3) is 15.9 Å². The predicted molar refractivity (Wildman–Crippen MR) is 142 cm³/mol. The molecule has 4 aromatic rings. The maximum atomic E-state index is 12.9. The van der Waals surface area contributed by atoms with E-state index in [2.05, 4.69) is 10.0 Å². The molecule has 0 radical (unpaired) electrons. The Bertz CT molecular complexity index is 1480. The Labute approximate surface area is 211 Å². The monoisotopic (exact) mass is 504 g/mol. The van der Waals surface area contributed by atoms with Crippen LogP contribution in [-0.2, 0) is 14.8 Å². The minimum absolute atomic E-state index is 0.0584. The first-order chi connectivity index (χ1) is 17.3. The standard InChI is InChI=1S/C28H28N2O5S/c1-4-25(35-26-11-7-9-20-8-5-6-10-23(20)26)28(31)29-21-13-15-22(16-14-21)36(32,33)30-24-18-19(2)12-17-27(24)34-3/h5-18,25,30H,4H2,1-3H3,(H,29,31)/t25-/m0/s1. The Kier molecular flexibility index (Phi) is 7.45. The molecule has 2 N–H and O–H groups in total. The van der Waals surface area contributed by atoms with Crippen LogP contribution in [0.2, 0.25) is 0 Å². The summed E-state index contributed by atoms with van der Waals surface area (Å²) < 4.78 is 39.7. The Balaban J connectivity index is 1.46. The molecular weight excluding hydrogens is 476 g/mol. The third kappa shape index (κ3) is 5.60. The summed E-state index contributed by atoms with van der Waals surface area (Å²) >= 11 is 0. The summed E-state index contributed by atoms with van der Waals surface area (Å²) in [4.78, 5) is 13.0. The summed E-state index contributed by atoms with van der Waals surface area (Å²) in [6.07, 6.45) is -0.251. The number of anilines is 2. The summed E-state index contributed by atoms with van der Waals surface area (Å²) in [7, 11) is -2.38. The maximum Gasteiger partial charge on any atom is 0.265 e. The number of ether oxygens (including phenoxy) is 2. The van der Waals surface area contributed by atoms with E-state index in [0.29, 0.717) is 29.3 Å². The van der Waals surface area contributed by atoms with Crippen molar-refractivity contribution < 1.29 is 22.7 Å². The zero-order chi connectivity index (χ0) is 25.7. The third-order valence-corrected chi connectivity index (χ3v) is 7.09. The van der Waals surface area contributed by atoms with Crippen LogP contribution in [0.1, 0.15) is 18.9 Å². The quantitative estimate of drug-likeness (QED) is 0.303. The lowest BCUT2D eigenvalue weighted by molar-refractivity contribution is -0.122. The molecule has 0 aliphatic heterocycles. The molecule has 1 amide bonds. The summed E-state index contributed by atoms with van der Waals surface area (Å²) in [5.74, 6) is 0.739. The molecule has 1 atom stereocenters. The molecule has 7 nitrogen and oxygen atoms in total. The number of sulfonamides is 1. The van der Waals surface area contributed by atoms with Crippen LogP contribution in [0.4, 0.5) is 11.4 Å². The van der Waals surface area contributed by atoms with Crippen molar-refractivity contribution in [1.29, 1.82) is 0 Å². The van der Waals surface area contributed by atoms with Gasteiger partial charge in [0.15, 0.2) is 6.10 Å². The molecule has 0 bridgehead atoms. The van der Waals surface area contributed by atoms with Crippen LogP contribution < -0.4 is 19.5 Å². The lowest BCUT2D eigenvalue weighted by Gasteiger charge is -2.19. The van der Waals surface area contributed by atoms with Crippen LogP contribution in [0.3, 0.4) is 0 Å². The molecule has 0 aliphatic carbocycles. The number of amides is 1. The van der Waals surface area contributed by atoms with Gasteiger partial charge in [0, 0.05) is 11.1 Å². The van der Waals surface area contributed by atoms with Crippen molar-refractivity contribution in [2.24, 2.45) is 0 Å². The highest BCUT2D eigenvalue weighted by atomic mass is 32.2. The molecule has 8 heteroatoms. The van der Waals surface area contributed by atoms with Gasteiger partial charge in [-0.25, -0.2) is 8.42 Å². The van der Waals surface area contributed by atoms with E-state index in [9.17, 15) is 13.2 Å². The molecule has 0 spiro atoms. The van der Waals surface area contributed by atoms with Crippen LogP contribution in [0, 0.1) is 6.92 Å². The fraction of sp³-hybridized carbons (Fsp3) is 0.179. The fourth-order valence-corrected chi connectivity index (χ4v) is 4.88. The van der Waals surface area contributed by atoms with Gasteiger partial charge >= 0.3 is 0 Å². The smallest absolute Gasteiger partial charge is 0.265 e. The molecule has 4 rings (SSSR count). The van der Waals surface area contributed by atoms with Gasteiger partial charge in [-0.3, -0.25) is 9.52 Å². The van der Waals surface area contributed by atoms with Crippen molar-refractivity contribution in [1.82, 2.24) is 0 Å². The summed E-state index contributed by atoms with van der Waals surface area (Å²) in [5.41, 5.74) is 1.71. The first kappa shape index (κ1) is 25.1. The summed E-state index contributed by atoms with van der Waals surface area (Å²) in [5, 5.41) is 4.77. The highest BCUT2D eigenvalue weighted by molar-refractivity contribution is 7.92. The van der Waals surface area contributed by atoms with Crippen LogP contribution in [0.5, 0.6) is 11.5 Å². The average Bonchev–Trinajstić information content (AvgIpc) is 2.87. The zero-order valence-electron chi connectivity index (χ0n) is 20.3. The van der Waals surface area contributed by atoms with Crippen molar-refractivity contribution in [3.05, 3.63) is 90.5 Å². The molecule has 36 heavy (non-hydrogen) atoms. The van der Waals surface area contributed by atoms with E-state index >= 15 is 0 Å². The van der Waals surface area contributed by atoms with Gasteiger partial charge in [-0.2, -0.15) is 0 Å². The molecule has 0 aromatic heterocycles. The van der Waals surface area contributed by atoms with Gasteiger partial charge in [-0.1, -0.05) is 49.4 Å². The average molecular weight is 505 g/mol. The van der Waals surface area contributed by atoms with E-state index < -0.39 is 16.1 Å². The minimum Gasteiger partial charge on any atom is -0.495 e. The Morgan fingerprint density at radius 3 is 2.36 bits per heavy atom. The van der Waals surface area contributed by atoms with Crippen molar-refractivity contribution in [2.45, 2.75) is 31.3 Å². The van der Waals surface area contributed by atoms with Crippen LogP contribution in [-0.4, -0.2) is 27.5 Å². The molecule has 0 heterocycles. The van der Waals surface area contributed by atoms with Crippen molar-refractivity contribution >= 4 is 38.1 Å². The number of nitrogens with one attached hydrogen (secondary N) is 2. The second-order valence-electron chi connectivity index (χ2n) is 8.31. The number of hydrogen-bond acceptors (Lipinski definition) is 5. The molecule has 0 unspecified atom stereocenters. The van der Waals surface area contributed by atoms with Gasteiger partial charge in [0.05, 0.1) is 17.7 Å². The minimum atomic E-state index is -3.86. The molecule has 0 aliphatic rings. The number of methoxy groups -OCH3 is 1. The Hall–Kier alpha value is -4.04. The highest BCUT2D eigenvalue weighted by Gasteiger charge is 2.21. The van der Waals surface area contributed by atoms with Crippen molar-refractivity contribution in [2.75, 3.05) is 17.1 Å². The fourth-order valence-electron chi connectivity index (χ4n) is 3.82. The van der Waals surface area contributed by atoms with E-state index in [0.717, 1.165) is 16.3 Å². The Morgan fingerprint density at radius 2 is 1.64 bits per heavy atom. The van der Waals surface area contributed by atoms with Crippen LogP contribution in [0.25, 0.3) is 10.8 Å². The van der Waals surface area contributed by atoms with E-state index in [4.69, 9.17) is 9.47 Å². The first-order valence-corrected chi connectivity index (χ1v) is 13.0. The first-order valence-electron chi connectivity index (χ1n) is 11.5. The zero-order valence-corrected chi connectivity index (χ0v) is 21.1. The lowest BCUT2D eigenvalue weighted by atomic mass is 10.1. The number of aryl methyl sites for hydroxylation is 1. The number of fused-ring (bicyclic) bond motifs is 1.